The Balaban J connectivity index is 1.96. The van der Waals surface area contributed by atoms with Gasteiger partial charge in [0.1, 0.15) is 23.9 Å². The smallest absolute Gasteiger partial charge is 0.340 e. The third kappa shape index (κ3) is 4.83. The van der Waals surface area contributed by atoms with Crippen molar-refractivity contribution in [1.82, 2.24) is 14.5 Å². The number of pyridine rings is 1. The van der Waals surface area contributed by atoms with Gasteiger partial charge in [-0.1, -0.05) is 6.07 Å². The molecule has 0 atom stereocenters. The molecule has 0 amide bonds. The summed E-state index contributed by atoms with van der Waals surface area (Å²) in [5, 5.41) is 12.0. The summed E-state index contributed by atoms with van der Waals surface area (Å²) >= 11 is 0. The molecule has 7 nitrogen and oxygen atoms in total. The zero-order chi connectivity index (χ0) is 25.1. The highest BCUT2D eigenvalue weighted by Crippen LogP contribution is 2.41. The Labute approximate surface area is 203 Å². The Morgan fingerprint density at radius 1 is 1.20 bits per heavy atom. The quantitative estimate of drug-likeness (QED) is 0.364. The summed E-state index contributed by atoms with van der Waals surface area (Å²) in [6, 6.07) is 11.2. The first-order valence-electron chi connectivity index (χ1n) is 11.3. The standard InChI is InChI=1S/C27H28FN3O4/c1-5-34-27(33)25-23(16-35-19-10-8-18(28)9-11-19)31(4)22-13-20(17-7-6-12-29-14-17)26(32)21(24(22)25)15-30(2)3/h6-14,32H,5,15-16H2,1-4H3. The van der Waals surface area contributed by atoms with E-state index in [1.165, 1.54) is 24.3 Å². The number of phenolic OH excluding ortho intramolecular Hbond substituents is 1. The van der Waals surface area contributed by atoms with E-state index in [0.717, 1.165) is 11.1 Å². The molecule has 0 saturated heterocycles. The number of hydrogen-bond acceptors (Lipinski definition) is 6. The number of esters is 1. The molecule has 0 aliphatic rings. The van der Waals surface area contributed by atoms with Gasteiger partial charge in [0.05, 0.1) is 23.4 Å². The predicted octanol–water partition coefficient (Wildman–Crippen LogP) is 4.90. The van der Waals surface area contributed by atoms with Gasteiger partial charge in [-0.2, -0.15) is 0 Å². The van der Waals surface area contributed by atoms with Crippen molar-refractivity contribution in [1.29, 1.82) is 0 Å². The Hall–Kier alpha value is -3.91. The molecule has 0 saturated carbocycles. The van der Waals surface area contributed by atoms with Crippen molar-refractivity contribution in [3.63, 3.8) is 0 Å². The van der Waals surface area contributed by atoms with Gasteiger partial charge < -0.3 is 24.0 Å². The third-order valence-corrected chi connectivity index (χ3v) is 5.80. The number of benzene rings is 2. The van der Waals surface area contributed by atoms with Crippen LogP contribution in [0.5, 0.6) is 11.5 Å². The molecule has 0 radical (unpaired) electrons. The minimum Gasteiger partial charge on any atom is -0.507 e. The molecule has 0 aliphatic carbocycles. The molecule has 2 heterocycles. The van der Waals surface area contributed by atoms with Crippen molar-refractivity contribution < 1.29 is 23.8 Å². The average molecular weight is 478 g/mol. The second-order valence-corrected chi connectivity index (χ2v) is 8.47. The monoisotopic (exact) mass is 477 g/mol. The lowest BCUT2D eigenvalue weighted by Crippen LogP contribution is -2.13. The number of carbonyl (C=O) groups is 1. The fourth-order valence-corrected chi connectivity index (χ4v) is 4.20. The van der Waals surface area contributed by atoms with E-state index in [1.807, 2.05) is 48.8 Å². The second-order valence-electron chi connectivity index (χ2n) is 8.47. The minimum atomic E-state index is -0.496. The van der Waals surface area contributed by atoms with Gasteiger partial charge in [0, 0.05) is 48.1 Å². The van der Waals surface area contributed by atoms with E-state index in [2.05, 4.69) is 4.98 Å². The van der Waals surface area contributed by atoms with Crippen molar-refractivity contribution in [2.75, 3.05) is 20.7 Å². The van der Waals surface area contributed by atoms with Crippen LogP contribution in [0.4, 0.5) is 4.39 Å². The van der Waals surface area contributed by atoms with Gasteiger partial charge in [-0.25, -0.2) is 9.18 Å². The van der Waals surface area contributed by atoms with Crippen molar-refractivity contribution in [3.05, 3.63) is 77.5 Å². The van der Waals surface area contributed by atoms with E-state index in [0.29, 0.717) is 40.1 Å². The predicted molar refractivity (Wildman–Crippen MR) is 132 cm³/mol. The molecule has 1 N–H and O–H groups in total. The number of rotatable bonds is 8. The van der Waals surface area contributed by atoms with Crippen molar-refractivity contribution in [2.24, 2.45) is 7.05 Å². The number of aromatic nitrogens is 2. The van der Waals surface area contributed by atoms with Crippen LogP contribution in [0.15, 0.2) is 54.9 Å². The van der Waals surface area contributed by atoms with E-state index in [-0.39, 0.29) is 24.8 Å². The highest BCUT2D eigenvalue weighted by molar-refractivity contribution is 6.09. The van der Waals surface area contributed by atoms with Gasteiger partial charge in [-0.15, -0.1) is 0 Å². The molecule has 0 unspecified atom stereocenters. The first kappa shape index (κ1) is 24.2. The van der Waals surface area contributed by atoms with Crippen molar-refractivity contribution in [3.8, 4) is 22.6 Å². The zero-order valence-electron chi connectivity index (χ0n) is 20.2. The number of aryl methyl sites for hydroxylation is 1. The molecule has 182 valence electrons. The fourth-order valence-electron chi connectivity index (χ4n) is 4.20. The number of ether oxygens (including phenoxy) is 2. The van der Waals surface area contributed by atoms with Crippen LogP contribution in [0.1, 0.15) is 28.5 Å². The van der Waals surface area contributed by atoms with E-state index >= 15 is 0 Å². The number of nitrogens with zero attached hydrogens (tertiary/aromatic N) is 3. The minimum absolute atomic E-state index is 0.0509. The molecule has 35 heavy (non-hydrogen) atoms. The van der Waals surface area contributed by atoms with Gasteiger partial charge in [-0.05, 0) is 57.4 Å². The summed E-state index contributed by atoms with van der Waals surface area (Å²) in [6.45, 7) is 2.40. The lowest BCUT2D eigenvalue weighted by atomic mass is 9.96. The van der Waals surface area contributed by atoms with Crippen LogP contribution in [0.2, 0.25) is 0 Å². The molecule has 0 fully saturated rings. The second kappa shape index (κ2) is 10.1. The number of carbonyl (C=O) groups excluding carboxylic acids is 1. The molecule has 4 aromatic rings. The number of phenols is 1. The van der Waals surface area contributed by atoms with Crippen molar-refractivity contribution >= 4 is 16.9 Å². The van der Waals surface area contributed by atoms with Gasteiger partial charge in [0.2, 0.25) is 0 Å². The Morgan fingerprint density at radius 3 is 2.57 bits per heavy atom. The summed E-state index contributed by atoms with van der Waals surface area (Å²) in [4.78, 5) is 19.3. The van der Waals surface area contributed by atoms with E-state index in [9.17, 15) is 14.3 Å². The molecule has 8 heteroatoms. The number of fused-ring (bicyclic) bond motifs is 1. The molecule has 2 aromatic heterocycles. The van der Waals surface area contributed by atoms with Crippen LogP contribution in [0, 0.1) is 5.82 Å². The number of halogens is 1. The SMILES string of the molecule is CCOC(=O)c1c(COc2ccc(F)cc2)n(C)c2cc(-c3cccnc3)c(O)c(CN(C)C)c12. The van der Waals surface area contributed by atoms with Crippen LogP contribution >= 0.6 is 0 Å². The fraction of sp³-hybridized carbons (Fsp3) is 0.259. The van der Waals surface area contributed by atoms with Crippen LogP contribution < -0.4 is 4.74 Å². The van der Waals surface area contributed by atoms with E-state index in [4.69, 9.17) is 9.47 Å². The Bertz CT molecular complexity index is 1350. The van der Waals surface area contributed by atoms with E-state index < -0.39 is 5.97 Å². The molecular formula is C27H28FN3O4. The number of hydrogen-bond donors (Lipinski definition) is 1. The van der Waals surface area contributed by atoms with Crippen LogP contribution in [0.3, 0.4) is 0 Å². The van der Waals surface area contributed by atoms with Crippen LogP contribution in [-0.4, -0.2) is 46.2 Å². The summed E-state index contributed by atoms with van der Waals surface area (Å²) in [5.74, 6) is -0.300. The maximum Gasteiger partial charge on any atom is 0.340 e. The number of aromatic hydroxyl groups is 1. The Morgan fingerprint density at radius 2 is 1.94 bits per heavy atom. The maximum absolute atomic E-state index is 13.3. The molecule has 2 aromatic carbocycles. The van der Waals surface area contributed by atoms with Gasteiger partial charge >= 0.3 is 5.97 Å². The zero-order valence-corrected chi connectivity index (χ0v) is 20.2. The largest absolute Gasteiger partial charge is 0.507 e. The molecule has 0 aliphatic heterocycles. The van der Waals surface area contributed by atoms with Crippen LogP contribution in [0.25, 0.3) is 22.0 Å². The van der Waals surface area contributed by atoms with Gasteiger partial charge in [0.25, 0.3) is 0 Å². The van der Waals surface area contributed by atoms with Crippen molar-refractivity contribution in [2.45, 2.75) is 20.1 Å². The van der Waals surface area contributed by atoms with Gasteiger partial charge in [0.15, 0.2) is 0 Å². The normalized spacial score (nSPS) is 11.3. The Kier molecular flexibility index (Phi) is 7.02. The highest BCUT2D eigenvalue weighted by atomic mass is 19.1. The maximum atomic E-state index is 13.3. The van der Waals surface area contributed by atoms with Crippen LogP contribution in [-0.2, 0) is 24.9 Å². The first-order valence-corrected chi connectivity index (χ1v) is 11.3. The molecule has 0 bridgehead atoms. The highest BCUT2D eigenvalue weighted by Gasteiger charge is 2.28. The average Bonchev–Trinajstić information content (AvgIpc) is 3.12. The van der Waals surface area contributed by atoms with E-state index in [1.54, 1.807) is 19.3 Å². The molecular weight excluding hydrogens is 449 g/mol. The third-order valence-electron chi connectivity index (χ3n) is 5.80. The van der Waals surface area contributed by atoms with Gasteiger partial charge in [-0.3, -0.25) is 4.98 Å². The lowest BCUT2D eigenvalue weighted by Gasteiger charge is -2.17. The summed E-state index contributed by atoms with van der Waals surface area (Å²) in [5.41, 5.74) is 3.67. The topological polar surface area (TPSA) is 76.8 Å². The molecule has 0 spiro atoms. The first-order chi connectivity index (χ1) is 16.8. The summed E-state index contributed by atoms with van der Waals surface area (Å²) < 4.78 is 26.5. The summed E-state index contributed by atoms with van der Waals surface area (Å²) in [7, 11) is 5.64. The summed E-state index contributed by atoms with van der Waals surface area (Å²) in [6.07, 6.45) is 3.36. The lowest BCUT2D eigenvalue weighted by molar-refractivity contribution is 0.0525. The molecule has 4 rings (SSSR count).